The number of aliphatic imine (C=N–C) groups is 1. The molecule has 0 N–H and O–H groups in total. The van der Waals surface area contributed by atoms with Crippen LogP contribution < -0.4 is 0 Å². The van der Waals surface area contributed by atoms with Crippen molar-refractivity contribution in [3.63, 3.8) is 0 Å². The summed E-state index contributed by atoms with van der Waals surface area (Å²) >= 11 is 1.92. The lowest BCUT2D eigenvalue weighted by molar-refractivity contribution is -0.154. The van der Waals surface area contributed by atoms with Crippen molar-refractivity contribution in [3.05, 3.63) is 23.9 Å². The molecule has 2 aliphatic carbocycles. The number of esters is 1. The Labute approximate surface area is 142 Å². The lowest BCUT2D eigenvalue weighted by Gasteiger charge is -2.39. The monoisotopic (exact) mass is 339 g/mol. The zero-order valence-electron chi connectivity index (χ0n) is 12.6. The summed E-state index contributed by atoms with van der Waals surface area (Å²) in [4.78, 5) is 17.2. The Hall–Kier alpha value is -0.740. The Kier molecular flexibility index (Phi) is 4.69. The first kappa shape index (κ1) is 16.1. The smallest absolute Gasteiger partial charge is 0.310 e. The van der Waals surface area contributed by atoms with E-state index in [0.717, 1.165) is 37.1 Å². The van der Waals surface area contributed by atoms with Crippen LogP contribution in [0.2, 0.25) is 0 Å². The maximum absolute atomic E-state index is 12.6. The predicted molar refractivity (Wildman–Crippen MR) is 92.7 cm³/mol. The molecule has 2 fully saturated rings. The van der Waals surface area contributed by atoms with Gasteiger partial charge >= 0.3 is 5.97 Å². The molecule has 0 radical (unpaired) electrons. The predicted octanol–water partition coefficient (Wildman–Crippen LogP) is 3.93. The van der Waals surface area contributed by atoms with E-state index in [9.17, 15) is 4.79 Å². The Bertz CT molecular complexity index is 539. The minimum atomic E-state index is 0. The van der Waals surface area contributed by atoms with Gasteiger partial charge in [-0.05, 0) is 50.5 Å². The van der Waals surface area contributed by atoms with Crippen LogP contribution in [0, 0.1) is 11.8 Å². The molecule has 0 amide bonds. The number of ether oxygens (including phenoxy) is 1. The number of carbonyl (C=O) groups is 1. The Balaban J connectivity index is 0.00000144. The number of hydrogen-bond acceptors (Lipinski definition) is 4. The molecule has 3 nitrogen and oxygen atoms in total. The molecule has 2 aliphatic heterocycles. The van der Waals surface area contributed by atoms with E-state index in [4.69, 9.17) is 4.74 Å². The molecule has 3 unspecified atom stereocenters. The summed E-state index contributed by atoms with van der Waals surface area (Å²) in [5.41, 5.74) is 1.16. The molecule has 120 valence electrons. The average molecular weight is 340 g/mol. The number of hydrogen-bond donors (Lipinski definition) is 0. The van der Waals surface area contributed by atoms with Gasteiger partial charge in [-0.1, -0.05) is 12.2 Å². The summed E-state index contributed by atoms with van der Waals surface area (Å²) < 4.78 is 5.82. The van der Waals surface area contributed by atoms with Gasteiger partial charge < -0.3 is 4.74 Å². The third-order valence-electron chi connectivity index (χ3n) is 5.33. The fourth-order valence-corrected chi connectivity index (χ4v) is 5.97. The van der Waals surface area contributed by atoms with Gasteiger partial charge in [0.15, 0.2) is 0 Å². The zero-order valence-corrected chi connectivity index (χ0v) is 14.2. The molecule has 1 saturated carbocycles. The van der Waals surface area contributed by atoms with E-state index >= 15 is 0 Å². The fourth-order valence-electron chi connectivity index (χ4n) is 4.17. The quantitative estimate of drug-likeness (QED) is 0.715. The normalized spacial score (nSPS) is 36.3. The van der Waals surface area contributed by atoms with Crippen LogP contribution in [0.1, 0.15) is 38.5 Å². The molecular formula is C17H22ClNO2S. The van der Waals surface area contributed by atoms with Crippen molar-refractivity contribution in [2.75, 3.05) is 5.75 Å². The third-order valence-corrected chi connectivity index (χ3v) is 7.05. The van der Waals surface area contributed by atoms with Gasteiger partial charge in [-0.25, -0.2) is 0 Å². The standard InChI is InChI=1S/C17H21NO2S.ClH/c19-16(20-12-5-1-2-6-12)13-11-21-17-9-4-3-7-15(17)18-10-8-14(13)17;/h3-4,7,10,12-14H,1-2,5-6,8-9,11H2;1H. The van der Waals surface area contributed by atoms with Crippen LogP contribution in [-0.4, -0.2) is 28.8 Å². The lowest BCUT2D eigenvalue weighted by Crippen LogP contribution is -2.41. The van der Waals surface area contributed by atoms with E-state index in [1.54, 1.807) is 0 Å². The van der Waals surface area contributed by atoms with Crippen molar-refractivity contribution in [2.24, 2.45) is 16.8 Å². The molecule has 4 rings (SSSR count). The minimum Gasteiger partial charge on any atom is -0.462 e. The zero-order chi connectivity index (χ0) is 14.3. The van der Waals surface area contributed by atoms with Gasteiger partial charge in [0.25, 0.3) is 0 Å². The van der Waals surface area contributed by atoms with Crippen molar-refractivity contribution in [1.29, 1.82) is 0 Å². The molecule has 0 bridgehead atoms. The highest BCUT2D eigenvalue weighted by Gasteiger charge is 2.55. The fraction of sp³-hybridized carbons (Fsp3) is 0.647. The first-order valence-corrected chi connectivity index (χ1v) is 9.02. The first-order valence-electron chi connectivity index (χ1n) is 8.04. The molecule has 22 heavy (non-hydrogen) atoms. The van der Waals surface area contributed by atoms with Gasteiger partial charge in [-0.15, -0.1) is 24.2 Å². The maximum Gasteiger partial charge on any atom is 0.310 e. The summed E-state index contributed by atoms with van der Waals surface area (Å²) in [5, 5.41) is 0. The largest absolute Gasteiger partial charge is 0.462 e. The molecule has 5 heteroatoms. The summed E-state index contributed by atoms with van der Waals surface area (Å²) in [6.45, 7) is 0. The topological polar surface area (TPSA) is 38.7 Å². The first-order chi connectivity index (χ1) is 10.3. The summed E-state index contributed by atoms with van der Waals surface area (Å²) in [5.74, 6) is 1.31. The van der Waals surface area contributed by atoms with Gasteiger partial charge in [0.05, 0.1) is 16.4 Å². The molecule has 3 atom stereocenters. The van der Waals surface area contributed by atoms with Crippen molar-refractivity contribution in [1.82, 2.24) is 0 Å². The average Bonchev–Trinajstić information content (AvgIpc) is 3.13. The lowest BCUT2D eigenvalue weighted by atomic mass is 9.74. The van der Waals surface area contributed by atoms with Crippen LogP contribution in [0.5, 0.6) is 0 Å². The molecule has 0 aromatic carbocycles. The number of halogens is 1. The van der Waals surface area contributed by atoms with Crippen LogP contribution >= 0.6 is 24.2 Å². The van der Waals surface area contributed by atoms with Gasteiger partial charge in [0.2, 0.25) is 0 Å². The highest BCUT2D eigenvalue weighted by Crippen LogP contribution is 2.57. The number of nitrogens with zero attached hydrogens (tertiary/aromatic N) is 1. The Morgan fingerprint density at radius 3 is 3.00 bits per heavy atom. The molecular weight excluding hydrogens is 318 g/mol. The number of carbonyl (C=O) groups excluding carboxylic acids is 1. The molecule has 2 heterocycles. The van der Waals surface area contributed by atoms with Crippen LogP contribution in [0.3, 0.4) is 0 Å². The van der Waals surface area contributed by atoms with Gasteiger partial charge in [-0.2, -0.15) is 0 Å². The highest BCUT2D eigenvalue weighted by molar-refractivity contribution is 8.01. The van der Waals surface area contributed by atoms with Crippen LogP contribution in [0.25, 0.3) is 0 Å². The van der Waals surface area contributed by atoms with Gasteiger partial charge in [0, 0.05) is 12.0 Å². The Morgan fingerprint density at radius 1 is 1.36 bits per heavy atom. The van der Waals surface area contributed by atoms with E-state index in [-0.39, 0.29) is 35.1 Å². The maximum atomic E-state index is 12.6. The van der Waals surface area contributed by atoms with Gasteiger partial charge in [-0.3, -0.25) is 9.79 Å². The molecule has 0 aromatic heterocycles. The summed E-state index contributed by atoms with van der Waals surface area (Å²) in [6.07, 6.45) is 15.0. The second kappa shape index (κ2) is 6.40. The number of allylic oxidation sites excluding steroid dienone is 3. The molecule has 1 spiro atoms. The second-order valence-corrected chi connectivity index (χ2v) is 7.84. The number of thioether (sulfide) groups is 1. The molecule has 0 aromatic rings. The van der Waals surface area contributed by atoms with Crippen LogP contribution in [0.4, 0.5) is 0 Å². The van der Waals surface area contributed by atoms with E-state index in [2.05, 4.69) is 23.2 Å². The van der Waals surface area contributed by atoms with E-state index in [0.29, 0.717) is 5.92 Å². The second-order valence-electron chi connectivity index (χ2n) is 6.49. The van der Waals surface area contributed by atoms with Crippen molar-refractivity contribution in [2.45, 2.75) is 49.4 Å². The molecule has 1 saturated heterocycles. The van der Waals surface area contributed by atoms with E-state index in [1.807, 2.05) is 18.0 Å². The van der Waals surface area contributed by atoms with Crippen molar-refractivity contribution in [3.8, 4) is 0 Å². The van der Waals surface area contributed by atoms with Gasteiger partial charge in [0.1, 0.15) is 6.10 Å². The van der Waals surface area contributed by atoms with Crippen LogP contribution in [-0.2, 0) is 9.53 Å². The summed E-state index contributed by atoms with van der Waals surface area (Å²) in [6, 6.07) is 0. The minimum absolute atomic E-state index is 0. The highest BCUT2D eigenvalue weighted by atomic mass is 35.5. The summed E-state index contributed by atoms with van der Waals surface area (Å²) in [7, 11) is 0. The van der Waals surface area contributed by atoms with Crippen molar-refractivity contribution < 1.29 is 9.53 Å². The third kappa shape index (κ3) is 2.54. The SMILES string of the molecule is Cl.O=C(OC1CCCC1)C1CSC23CC=CC=C2N=CCC13. The number of rotatable bonds is 2. The van der Waals surface area contributed by atoms with E-state index < -0.39 is 0 Å². The molecule has 4 aliphatic rings. The Morgan fingerprint density at radius 2 is 2.18 bits per heavy atom. The van der Waals surface area contributed by atoms with Crippen molar-refractivity contribution >= 4 is 36.4 Å². The van der Waals surface area contributed by atoms with Crippen LogP contribution in [0.15, 0.2) is 28.9 Å². The van der Waals surface area contributed by atoms with E-state index in [1.165, 1.54) is 12.8 Å².